The largest absolute Gasteiger partial charge is 0.504 e. The summed E-state index contributed by atoms with van der Waals surface area (Å²) >= 11 is 0. The van der Waals surface area contributed by atoms with Gasteiger partial charge in [-0.1, -0.05) is 36.4 Å². The van der Waals surface area contributed by atoms with Gasteiger partial charge in [0, 0.05) is 0 Å². The summed E-state index contributed by atoms with van der Waals surface area (Å²) in [6, 6.07) is 12.6. The topological polar surface area (TPSA) is 9.23 Å². The first kappa shape index (κ1) is 14.2. The number of benzene rings is 2. The molecule has 0 radical (unpaired) electrons. The van der Waals surface area contributed by atoms with Gasteiger partial charge in [-0.15, -0.1) is 0 Å². The fourth-order valence-electron chi connectivity index (χ4n) is 1.78. The Bertz CT molecular complexity index is 581. The molecule has 0 aliphatic carbocycles. The summed E-state index contributed by atoms with van der Waals surface area (Å²) in [6.07, 6.45) is -0.934. The van der Waals surface area contributed by atoms with E-state index >= 15 is 0 Å². The van der Waals surface area contributed by atoms with Gasteiger partial charge in [0.05, 0.1) is 18.9 Å². The molecule has 2 aromatic rings. The van der Waals surface area contributed by atoms with Crippen molar-refractivity contribution >= 4 is 6.08 Å². The Morgan fingerprint density at radius 3 is 1.80 bits per heavy atom. The highest BCUT2D eigenvalue weighted by atomic mass is 19.4. The van der Waals surface area contributed by atoms with Gasteiger partial charge in [-0.2, -0.15) is 13.2 Å². The molecule has 0 aliphatic heterocycles. The molecule has 0 heterocycles. The first-order chi connectivity index (χ1) is 9.50. The summed E-state index contributed by atoms with van der Waals surface area (Å²) in [5.74, 6) is 0. The van der Waals surface area contributed by atoms with Crippen molar-refractivity contribution in [2.24, 2.45) is 0 Å². The Labute approximate surface area is 115 Å². The number of methoxy groups -OCH3 is 1. The lowest BCUT2D eigenvalue weighted by Crippen LogP contribution is -2.03. The predicted molar refractivity (Wildman–Crippen MR) is 72.9 cm³/mol. The maximum atomic E-state index is 12.5. The highest BCUT2D eigenvalue weighted by Crippen LogP contribution is 2.31. The van der Waals surface area contributed by atoms with Gasteiger partial charge < -0.3 is 4.74 Å². The maximum absolute atomic E-state index is 12.5. The van der Waals surface area contributed by atoms with E-state index in [0.29, 0.717) is 0 Å². The third-order valence-corrected chi connectivity index (χ3v) is 2.85. The third kappa shape index (κ3) is 3.41. The number of alkyl halides is 3. The van der Waals surface area contributed by atoms with E-state index in [1.165, 1.54) is 12.1 Å². The Morgan fingerprint density at radius 1 is 0.850 bits per heavy atom. The second-order valence-corrected chi connectivity index (χ2v) is 4.24. The summed E-state index contributed by atoms with van der Waals surface area (Å²) in [5, 5.41) is 0. The van der Waals surface area contributed by atoms with Gasteiger partial charge >= 0.3 is 6.18 Å². The molecule has 0 atom stereocenters. The van der Waals surface area contributed by atoms with E-state index in [4.69, 9.17) is 4.74 Å². The standard InChI is InChI=1S/C16H13F3O/c1-20-11-10-12-2-4-13(5-3-12)14-6-8-15(9-7-14)16(17,18)19/h2-11H,1H3/b11-10+. The SMILES string of the molecule is CO/C=C/c1ccc(-c2ccc(C(F)(F)F)cc2)cc1. The Kier molecular flexibility index (Phi) is 4.13. The van der Waals surface area contributed by atoms with Crippen molar-refractivity contribution < 1.29 is 17.9 Å². The van der Waals surface area contributed by atoms with Crippen LogP contribution in [0.1, 0.15) is 11.1 Å². The van der Waals surface area contributed by atoms with Gasteiger partial charge in [-0.25, -0.2) is 0 Å². The van der Waals surface area contributed by atoms with E-state index in [-0.39, 0.29) is 0 Å². The number of halogens is 3. The summed E-state index contributed by atoms with van der Waals surface area (Å²) in [6.45, 7) is 0. The van der Waals surface area contributed by atoms with Crippen LogP contribution in [0.15, 0.2) is 54.8 Å². The van der Waals surface area contributed by atoms with Crippen LogP contribution in [0.25, 0.3) is 17.2 Å². The first-order valence-corrected chi connectivity index (χ1v) is 5.98. The summed E-state index contributed by atoms with van der Waals surface area (Å²) < 4.78 is 42.2. The van der Waals surface area contributed by atoms with Crippen molar-refractivity contribution in [3.8, 4) is 11.1 Å². The normalized spacial score (nSPS) is 11.8. The first-order valence-electron chi connectivity index (χ1n) is 5.98. The fraction of sp³-hybridized carbons (Fsp3) is 0.125. The highest BCUT2D eigenvalue weighted by molar-refractivity contribution is 5.65. The molecule has 2 rings (SSSR count). The van der Waals surface area contributed by atoms with E-state index in [1.807, 2.05) is 24.3 Å². The van der Waals surface area contributed by atoms with Gasteiger partial charge in [0.15, 0.2) is 0 Å². The van der Waals surface area contributed by atoms with Crippen molar-refractivity contribution in [2.75, 3.05) is 7.11 Å². The number of ether oxygens (including phenoxy) is 1. The molecule has 0 fully saturated rings. The molecule has 104 valence electrons. The summed E-state index contributed by atoms with van der Waals surface area (Å²) in [4.78, 5) is 0. The molecule has 4 heteroatoms. The van der Waals surface area contributed by atoms with Crippen LogP contribution in [0.5, 0.6) is 0 Å². The van der Waals surface area contributed by atoms with Crippen molar-refractivity contribution in [3.05, 3.63) is 65.9 Å². The van der Waals surface area contributed by atoms with Gasteiger partial charge in [-0.05, 0) is 34.9 Å². The van der Waals surface area contributed by atoms with E-state index < -0.39 is 11.7 Å². The van der Waals surface area contributed by atoms with Crippen LogP contribution in [0, 0.1) is 0 Å². The van der Waals surface area contributed by atoms with Crippen molar-refractivity contribution in [3.63, 3.8) is 0 Å². The fourth-order valence-corrected chi connectivity index (χ4v) is 1.78. The van der Waals surface area contributed by atoms with Gasteiger partial charge in [0.1, 0.15) is 0 Å². The second kappa shape index (κ2) is 5.82. The minimum absolute atomic E-state index is 0.638. The van der Waals surface area contributed by atoms with E-state index in [1.54, 1.807) is 19.4 Å². The minimum atomic E-state index is -4.30. The van der Waals surface area contributed by atoms with Crippen LogP contribution < -0.4 is 0 Å². The average molecular weight is 278 g/mol. The second-order valence-electron chi connectivity index (χ2n) is 4.24. The number of rotatable bonds is 3. The van der Waals surface area contributed by atoms with E-state index in [2.05, 4.69) is 0 Å². The highest BCUT2D eigenvalue weighted by Gasteiger charge is 2.29. The zero-order chi connectivity index (χ0) is 14.6. The Balaban J connectivity index is 2.21. The molecule has 0 amide bonds. The molecule has 0 aromatic heterocycles. The molecule has 0 unspecified atom stereocenters. The van der Waals surface area contributed by atoms with Crippen LogP contribution in [-0.2, 0) is 10.9 Å². The van der Waals surface area contributed by atoms with Crippen LogP contribution in [0.4, 0.5) is 13.2 Å². The van der Waals surface area contributed by atoms with Gasteiger partial charge in [-0.3, -0.25) is 0 Å². The number of hydrogen-bond donors (Lipinski definition) is 0. The summed E-state index contributed by atoms with van der Waals surface area (Å²) in [7, 11) is 1.56. The third-order valence-electron chi connectivity index (χ3n) is 2.85. The van der Waals surface area contributed by atoms with Crippen LogP contribution >= 0.6 is 0 Å². The number of hydrogen-bond acceptors (Lipinski definition) is 1. The van der Waals surface area contributed by atoms with Crippen molar-refractivity contribution in [2.45, 2.75) is 6.18 Å². The van der Waals surface area contributed by atoms with Gasteiger partial charge in [0.2, 0.25) is 0 Å². The van der Waals surface area contributed by atoms with E-state index in [0.717, 1.165) is 28.8 Å². The van der Waals surface area contributed by atoms with Crippen molar-refractivity contribution in [1.29, 1.82) is 0 Å². The van der Waals surface area contributed by atoms with Crippen LogP contribution in [0.2, 0.25) is 0 Å². The molecule has 1 nitrogen and oxygen atoms in total. The lowest BCUT2D eigenvalue weighted by Gasteiger charge is -2.08. The lowest BCUT2D eigenvalue weighted by atomic mass is 10.0. The van der Waals surface area contributed by atoms with Crippen molar-refractivity contribution in [1.82, 2.24) is 0 Å². The smallest absolute Gasteiger partial charge is 0.416 e. The molecule has 0 saturated carbocycles. The average Bonchev–Trinajstić information content (AvgIpc) is 2.45. The molecular formula is C16H13F3O. The van der Waals surface area contributed by atoms with E-state index in [9.17, 15) is 13.2 Å². The zero-order valence-corrected chi connectivity index (χ0v) is 10.8. The molecule has 0 spiro atoms. The van der Waals surface area contributed by atoms with Crippen LogP contribution in [0.3, 0.4) is 0 Å². The molecular weight excluding hydrogens is 265 g/mol. The zero-order valence-electron chi connectivity index (χ0n) is 10.8. The van der Waals surface area contributed by atoms with Gasteiger partial charge in [0.25, 0.3) is 0 Å². The maximum Gasteiger partial charge on any atom is 0.416 e. The minimum Gasteiger partial charge on any atom is -0.504 e. The lowest BCUT2D eigenvalue weighted by molar-refractivity contribution is -0.137. The molecule has 0 saturated heterocycles. The quantitative estimate of drug-likeness (QED) is 0.719. The molecule has 0 N–H and O–H groups in total. The Morgan fingerprint density at radius 2 is 1.35 bits per heavy atom. The predicted octanol–water partition coefficient (Wildman–Crippen LogP) is 4.99. The molecule has 0 bridgehead atoms. The molecule has 20 heavy (non-hydrogen) atoms. The molecule has 0 aliphatic rings. The monoisotopic (exact) mass is 278 g/mol. The Hall–Kier alpha value is -2.23. The molecule has 2 aromatic carbocycles. The van der Waals surface area contributed by atoms with Crippen LogP contribution in [-0.4, -0.2) is 7.11 Å². The summed E-state index contributed by atoms with van der Waals surface area (Å²) in [5.41, 5.74) is 1.94.